The number of carbonyl (C=O) groups is 1. The van der Waals surface area contributed by atoms with Crippen LogP contribution in [0.3, 0.4) is 0 Å². The van der Waals surface area contributed by atoms with Gasteiger partial charge in [0, 0.05) is 13.0 Å². The fourth-order valence-electron chi connectivity index (χ4n) is 1.94. The molecule has 86 valence electrons. The van der Waals surface area contributed by atoms with Crippen LogP contribution in [0.2, 0.25) is 0 Å². The highest BCUT2D eigenvalue weighted by Crippen LogP contribution is 2.27. The zero-order valence-corrected chi connectivity index (χ0v) is 10.2. The van der Waals surface area contributed by atoms with Crippen LogP contribution in [0, 0.1) is 5.92 Å². The minimum Gasteiger partial charge on any atom is -0.362 e. The molecule has 0 radical (unpaired) electrons. The van der Waals surface area contributed by atoms with E-state index in [-0.39, 0.29) is 5.91 Å². The minimum atomic E-state index is 0.0653. The van der Waals surface area contributed by atoms with Crippen molar-refractivity contribution in [2.24, 2.45) is 5.92 Å². The largest absolute Gasteiger partial charge is 0.362 e. The van der Waals surface area contributed by atoms with Gasteiger partial charge >= 0.3 is 0 Å². The van der Waals surface area contributed by atoms with E-state index in [0.29, 0.717) is 17.5 Å². The molecule has 0 unspecified atom stereocenters. The number of rotatable bonds is 4. The van der Waals surface area contributed by atoms with Crippen LogP contribution in [0.15, 0.2) is 0 Å². The molecule has 0 aromatic carbocycles. The van der Waals surface area contributed by atoms with Crippen LogP contribution in [0.1, 0.15) is 45.4 Å². The zero-order valence-electron chi connectivity index (χ0n) is 9.34. The molecule has 1 aliphatic rings. The molecular formula is C11H20N2OS. The zero-order chi connectivity index (χ0) is 11.1. The van der Waals surface area contributed by atoms with E-state index in [1.807, 2.05) is 0 Å². The number of hydrogen-bond acceptors (Lipinski definition) is 2. The first kappa shape index (κ1) is 12.4. The van der Waals surface area contributed by atoms with Crippen molar-refractivity contribution in [1.29, 1.82) is 0 Å². The Morgan fingerprint density at radius 1 is 1.40 bits per heavy atom. The smallest absolute Gasteiger partial charge is 0.226 e. The highest BCUT2D eigenvalue weighted by molar-refractivity contribution is 7.80. The van der Waals surface area contributed by atoms with Crippen molar-refractivity contribution in [2.45, 2.75) is 45.4 Å². The Morgan fingerprint density at radius 2 is 2.07 bits per heavy atom. The van der Waals surface area contributed by atoms with Gasteiger partial charge in [0.2, 0.25) is 5.91 Å². The predicted octanol–water partition coefficient (Wildman–Crippen LogP) is 1.97. The Hall–Kier alpha value is -0.640. The Labute approximate surface area is 97.0 Å². The maximum atomic E-state index is 11.5. The highest BCUT2D eigenvalue weighted by atomic mass is 32.1. The lowest BCUT2D eigenvalue weighted by Crippen LogP contribution is -2.39. The molecule has 0 spiro atoms. The number of hydrogen-bond donors (Lipinski definition) is 2. The van der Waals surface area contributed by atoms with E-state index in [0.717, 1.165) is 13.0 Å². The summed E-state index contributed by atoms with van der Waals surface area (Å²) in [6.45, 7) is 2.89. The number of carbonyl (C=O) groups excluding carboxylic acids is 1. The first-order valence-electron chi connectivity index (χ1n) is 5.80. The van der Waals surface area contributed by atoms with E-state index < -0.39 is 0 Å². The van der Waals surface area contributed by atoms with Gasteiger partial charge < -0.3 is 10.6 Å². The maximum absolute atomic E-state index is 11.5. The monoisotopic (exact) mass is 228 g/mol. The van der Waals surface area contributed by atoms with E-state index in [4.69, 9.17) is 12.2 Å². The van der Waals surface area contributed by atoms with Gasteiger partial charge in [-0.25, -0.2) is 0 Å². The molecule has 2 N–H and O–H groups in total. The van der Waals surface area contributed by atoms with E-state index >= 15 is 0 Å². The van der Waals surface area contributed by atoms with Crippen molar-refractivity contribution in [1.82, 2.24) is 10.6 Å². The van der Waals surface area contributed by atoms with Crippen LogP contribution < -0.4 is 10.6 Å². The second-order valence-corrected chi connectivity index (χ2v) is 4.57. The lowest BCUT2D eigenvalue weighted by Gasteiger charge is -2.11. The third-order valence-electron chi connectivity index (χ3n) is 2.74. The second kappa shape index (κ2) is 6.77. The minimum absolute atomic E-state index is 0.0653. The standard InChI is InChI=1S/C11H20N2OS/c1-2-7-12-11(15)13-10(14)8-9-5-3-4-6-9/h9H,2-8H2,1H3,(H2,12,13,14,15). The van der Waals surface area contributed by atoms with Gasteiger partial charge in [-0.3, -0.25) is 4.79 Å². The molecule has 15 heavy (non-hydrogen) atoms. The predicted molar refractivity (Wildman–Crippen MR) is 65.6 cm³/mol. The van der Waals surface area contributed by atoms with Gasteiger partial charge in [0.1, 0.15) is 0 Å². The molecule has 0 bridgehead atoms. The summed E-state index contributed by atoms with van der Waals surface area (Å²) in [5.74, 6) is 0.648. The number of nitrogens with one attached hydrogen (secondary N) is 2. The van der Waals surface area contributed by atoms with Crippen molar-refractivity contribution in [3.8, 4) is 0 Å². The van der Waals surface area contributed by atoms with E-state index in [1.54, 1.807) is 0 Å². The van der Waals surface area contributed by atoms with Crippen LogP contribution in [0.25, 0.3) is 0 Å². The average molecular weight is 228 g/mol. The third-order valence-corrected chi connectivity index (χ3v) is 2.98. The van der Waals surface area contributed by atoms with Crippen molar-refractivity contribution in [3.63, 3.8) is 0 Å². The summed E-state index contributed by atoms with van der Waals surface area (Å²) in [5, 5.41) is 6.18. The Bertz CT molecular complexity index is 225. The van der Waals surface area contributed by atoms with Gasteiger partial charge in [0.25, 0.3) is 0 Å². The summed E-state index contributed by atoms with van der Waals surface area (Å²) in [5.41, 5.74) is 0. The second-order valence-electron chi connectivity index (χ2n) is 4.16. The fraction of sp³-hybridized carbons (Fsp3) is 0.818. The molecule has 3 nitrogen and oxygen atoms in total. The first-order chi connectivity index (χ1) is 7.22. The van der Waals surface area contributed by atoms with Crippen LogP contribution in [0.4, 0.5) is 0 Å². The molecular weight excluding hydrogens is 208 g/mol. The first-order valence-corrected chi connectivity index (χ1v) is 6.21. The molecule has 0 aromatic heterocycles. The van der Waals surface area contributed by atoms with Crippen LogP contribution in [-0.4, -0.2) is 17.6 Å². The van der Waals surface area contributed by atoms with Gasteiger partial charge in [0.05, 0.1) is 0 Å². The molecule has 1 rings (SSSR count). The summed E-state index contributed by atoms with van der Waals surface area (Å²) >= 11 is 4.99. The number of amides is 1. The summed E-state index contributed by atoms with van der Waals surface area (Å²) in [6.07, 6.45) is 6.59. The lowest BCUT2D eigenvalue weighted by molar-refractivity contribution is -0.120. The van der Waals surface area contributed by atoms with Crippen molar-refractivity contribution in [2.75, 3.05) is 6.54 Å². The molecule has 0 saturated heterocycles. The third kappa shape index (κ3) is 5.11. The molecule has 0 heterocycles. The van der Waals surface area contributed by atoms with Gasteiger partial charge in [-0.15, -0.1) is 0 Å². The van der Waals surface area contributed by atoms with Crippen LogP contribution in [-0.2, 0) is 4.79 Å². The topological polar surface area (TPSA) is 41.1 Å². The van der Waals surface area contributed by atoms with E-state index in [2.05, 4.69) is 17.6 Å². The van der Waals surface area contributed by atoms with E-state index in [9.17, 15) is 4.79 Å². The molecule has 1 saturated carbocycles. The molecule has 1 fully saturated rings. The summed E-state index contributed by atoms with van der Waals surface area (Å²) in [6, 6.07) is 0. The summed E-state index contributed by atoms with van der Waals surface area (Å²) in [4.78, 5) is 11.5. The summed E-state index contributed by atoms with van der Waals surface area (Å²) in [7, 11) is 0. The Kier molecular flexibility index (Phi) is 5.61. The molecule has 0 atom stereocenters. The van der Waals surface area contributed by atoms with Gasteiger partial charge in [-0.1, -0.05) is 19.8 Å². The van der Waals surface area contributed by atoms with E-state index in [1.165, 1.54) is 25.7 Å². The fourth-order valence-corrected chi connectivity index (χ4v) is 2.15. The molecule has 0 aromatic rings. The number of thiocarbonyl (C=S) groups is 1. The molecule has 1 amide bonds. The lowest BCUT2D eigenvalue weighted by atomic mass is 10.0. The van der Waals surface area contributed by atoms with Gasteiger partial charge in [0.15, 0.2) is 5.11 Å². The Morgan fingerprint density at radius 3 is 2.67 bits per heavy atom. The van der Waals surface area contributed by atoms with Crippen LogP contribution >= 0.6 is 12.2 Å². The quantitative estimate of drug-likeness (QED) is 0.723. The SMILES string of the molecule is CCCNC(=S)NC(=O)CC1CCCC1. The van der Waals surface area contributed by atoms with Crippen molar-refractivity contribution < 1.29 is 4.79 Å². The van der Waals surface area contributed by atoms with Crippen molar-refractivity contribution in [3.05, 3.63) is 0 Å². The maximum Gasteiger partial charge on any atom is 0.226 e. The summed E-state index contributed by atoms with van der Waals surface area (Å²) < 4.78 is 0. The van der Waals surface area contributed by atoms with Gasteiger partial charge in [-0.05, 0) is 37.4 Å². The van der Waals surface area contributed by atoms with Gasteiger partial charge in [-0.2, -0.15) is 0 Å². The molecule has 4 heteroatoms. The molecule has 1 aliphatic carbocycles. The highest BCUT2D eigenvalue weighted by Gasteiger charge is 2.18. The van der Waals surface area contributed by atoms with Crippen LogP contribution in [0.5, 0.6) is 0 Å². The average Bonchev–Trinajstić information content (AvgIpc) is 2.67. The normalized spacial score (nSPS) is 16.3. The Balaban J connectivity index is 2.14. The van der Waals surface area contributed by atoms with Crippen molar-refractivity contribution >= 4 is 23.2 Å². The molecule has 0 aliphatic heterocycles.